The Morgan fingerprint density at radius 2 is 2.24 bits per heavy atom. The van der Waals surface area contributed by atoms with Crippen molar-refractivity contribution in [2.45, 2.75) is 19.8 Å². The summed E-state index contributed by atoms with van der Waals surface area (Å²) in [6, 6.07) is -0.422. The highest BCUT2D eigenvalue weighted by Gasteiger charge is 2.09. The van der Waals surface area contributed by atoms with Crippen molar-refractivity contribution in [3.8, 4) is 0 Å². The zero-order valence-electron chi connectivity index (χ0n) is 9.86. The number of carboxylic acid groups (broad SMARTS) is 1. The molecule has 1 rings (SSSR count). The van der Waals surface area contributed by atoms with Gasteiger partial charge in [-0.2, -0.15) is 5.10 Å². The molecule has 0 bridgehead atoms. The van der Waals surface area contributed by atoms with Crippen LogP contribution in [0.2, 0.25) is 0 Å². The summed E-state index contributed by atoms with van der Waals surface area (Å²) >= 11 is 0. The molecular formula is C10H16N4O3. The molecule has 0 unspecified atom stereocenters. The lowest BCUT2D eigenvalue weighted by atomic mass is 10.3. The van der Waals surface area contributed by atoms with E-state index in [4.69, 9.17) is 5.11 Å². The van der Waals surface area contributed by atoms with E-state index >= 15 is 0 Å². The maximum absolute atomic E-state index is 11.4. The summed E-state index contributed by atoms with van der Waals surface area (Å²) in [5.74, 6) is -0.944. The fourth-order valence-electron chi connectivity index (χ4n) is 1.35. The van der Waals surface area contributed by atoms with Crippen LogP contribution in [0.25, 0.3) is 0 Å². The number of carbonyl (C=O) groups excluding carboxylic acids is 1. The average Bonchev–Trinajstić information content (AvgIpc) is 2.58. The number of urea groups is 1. The van der Waals surface area contributed by atoms with Crippen LogP contribution in [0.5, 0.6) is 0 Å². The van der Waals surface area contributed by atoms with Crippen molar-refractivity contribution in [3.63, 3.8) is 0 Å². The summed E-state index contributed by atoms with van der Waals surface area (Å²) in [5.41, 5.74) is 1.43. The van der Waals surface area contributed by atoms with Gasteiger partial charge < -0.3 is 15.7 Å². The molecule has 1 aromatic rings. The standard InChI is InChI=1S/C10H16N4O3/c1-3-7-8(6-14(2)13-7)12-10(17)11-5-4-9(15)16/h6H,3-5H2,1-2H3,(H,15,16)(H2,11,12,17). The first kappa shape index (κ1) is 13.0. The van der Waals surface area contributed by atoms with Crippen LogP contribution in [-0.2, 0) is 18.3 Å². The first-order valence-corrected chi connectivity index (χ1v) is 5.32. The summed E-state index contributed by atoms with van der Waals surface area (Å²) in [5, 5.41) is 17.7. The first-order valence-electron chi connectivity index (χ1n) is 5.32. The lowest BCUT2D eigenvalue weighted by Crippen LogP contribution is -2.30. The van der Waals surface area contributed by atoms with E-state index < -0.39 is 12.0 Å². The Balaban J connectivity index is 2.47. The molecule has 0 saturated carbocycles. The van der Waals surface area contributed by atoms with Crippen molar-refractivity contribution < 1.29 is 14.7 Å². The molecular weight excluding hydrogens is 224 g/mol. The Morgan fingerprint density at radius 1 is 1.53 bits per heavy atom. The summed E-state index contributed by atoms with van der Waals surface area (Å²) < 4.78 is 1.62. The van der Waals surface area contributed by atoms with Gasteiger partial charge in [0.1, 0.15) is 0 Å². The molecule has 0 aliphatic carbocycles. The molecule has 0 aliphatic rings. The number of amides is 2. The van der Waals surface area contributed by atoms with E-state index in [9.17, 15) is 9.59 Å². The minimum Gasteiger partial charge on any atom is -0.481 e. The van der Waals surface area contributed by atoms with E-state index in [1.165, 1.54) is 0 Å². The van der Waals surface area contributed by atoms with Gasteiger partial charge in [0.2, 0.25) is 0 Å². The number of hydrogen-bond acceptors (Lipinski definition) is 3. The highest BCUT2D eigenvalue weighted by Crippen LogP contribution is 2.12. The largest absolute Gasteiger partial charge is 0.481 e. The zero-order valence-corrected chi connectivity index (χ0v) is 9.86. The molecule has 1 aromatic heterocycles. The number of nitrogens with zero attached hydrogens (tertiary/aromatic N) is 2. The summed E-state index contributed by atoms with van der Waals surface area (Å²) in [6.07, 6.45) is 2.32. The molecule has 3 N–H and O–H groups in total. The number of aliphatic carboxylic acids is 1. The van der Waals surface area contributed by atoms with Crippen molar-refractivity contribution in [2.75, 3.05) is 11.9 Å². The highest BCUT2D eigenvalue weighted by molar-refractivity contribution is 5.89. The van der Waals surface area contributed by atoms with Crippen LogP contribution in [0.3, 0.4) is 0 Å². The second-order valence-electron chi connectivity index (χ2n) is 3.54. The monoisotopic (exact) mass is 240 g/mol. The quantitative estimate of drug-likeness (QED) is 0.701. The number of nitrogens with one attached hydrogen (secondary N) is 2. The number of carboxylic acids is 1. The van der Waals surface area contributed by atoms with Gasteiger partial charge in [0.25, 0.3) is 0 Å². The van der Waals surface area contributed by atoms with Gasteiger partial charge in [0.15, 0.2) is 0 Å². The lowest BCUT2D eigenvalue weighted by Gasteiger charge is -2.05. The third kappa shape index (κ3) is 4.13. The van der Waals surface area contributed by atoms with Crippen LogP contribution in [0.15, 0.2) is 6.20 Å². The van der Waals surface area contributed by atoms with Crippen molar-refractivity contribution in [1.29, 1.82) is 0 Å². The van der Waals surface area contributed by atoms with Crippen LogP contribution in [-0.4, -0.2) is 33.4 Å². The van der Waals surface area contributed by atoms with Gasteiger partial charge >= 0.3 is 12.0 Å². The smallest absolute Gasteiger partial charge is 0.319 e. The number of carbonyl (C=O) groups is 2. The average molecular weight is 240 g/mol. The van der Waals surface area contributed by atoms with E-state index in [2.05, 4.69) is 15.7 Å². The van der Waals surface area contributed by atoms with E-state index in [0.29, 0.717) is 12.1 Å². The predicted octanol–water partition coefficient (Wildman–Crippen LogP) is 0.579. The van der Waals surface area contributed by atoms with Gasteiger partial charge in [0.05, 0.1) is 17.8 Å². The fourth-order valence-corrected chi connectivity index (χ4v) is 1.35. The molecule has 17 heavy (non-hydrogen) atoms. The predicted molar refractivity (Wildman–Crippen MR) is 61.9 cm³/mol. The zero-order chi connectivity index (χ0) is 12.8. The van der Waals surface area contributed by atoms with Gasteiger partial charge in [-0.05, 0) is 6.42 Å². The number of hydrogen-bond donors (Lipinski definition) is 3. The van der Waals surface area contributed by atoms with E-state index in [1.807, 2.05) is 6.92 Å². The van der Waals surface area contributed by atoms with Gasteiger partial charge in [0, 0.05) is 19.8 Å². The Labute approximate surface area is 98.8 Å². The van der Waals surface area contributed by atoms with E-state index in [-0.39, 0.29) is 13.0 Å². The topological polar surface area (TPSA) is 96.3 Å². The van der Waals surface area contributed by atoms with Crippen molar-refractivity contribution in [3.05, 3.63) is 11.9 Å². The summed E-state index contributed by atoms with van der Waals surface area (Å²) in [6.45, 7) is 2.04. The first-order chi connectivity index (χ1) is 8.02. The third-order valence-electron chi connectivity index (χ3n) is 2.11. The third-order valence-corrected chi connectivity index (χ3v) is 2.11. The normalized spacial score (nSPS) is 10.0. The van der Waals surface area contributed by atoms with E-state index in [0.717, 1.165) is 5.69 Å². The van der Waals surface area contributed by atoms with Crippen LogP contribution >= 0.6 is 0 Å². The number of aryl methyl sites for hydroxylation is 2. The van der Waals surface area contributed by atoms with Crippen molar-refractivity contribution in [2.24, 2.45) is 7.05 Å². The maximum Gasteiger partial charge on any atom is 0.319 e. The SMILES string of the molecule is CCc1nn(C)cc1NC(=O)NCCC(=O)O. The molecule has 0 fully saturated rings. The molecule has 0 aliphatic heterocycles. The number of rotatable bonds is 5. The van der Waals surface area contributed by atoms with Crippen molar-refractivity contribution in [1.82, 2.24) is 15.1 Å². The van der Waals surface area contributed by atoms with Gasteiger partial charge in [-0.3, -0.25) is 9.48 Å². The van der Waals surface area contributed by atoms with Gasteiger partial charge in [-0.25, -0.2) is 4.79 Å². The lowest BCUT2D eigenvalue weighted by molar-refractivity contribution is -0.136. The van der Waals surface area contributed by atoms with Crippen LogP contribution in [0.4, 0.5) is 10.5 Å². The fraction of sp³-hybridized carbons (Fsp3) is 0.500. The van der Waals surface area contributed by atoms with Gasteiger partial charge in [-0.15, -0.1) is 0 Å². The maximum atomic E-state index is 11.4. The van der Waals surface area contributed by atoms with Crippen molar-refractivity contribution >= 4 is 17.7 Å². The molecule has 0 spiro atoms. The van der Waals surface area contributed by atoms with Crippen LogP contribution in [0.1, 0.15) is 19.0 Å². The molecule has 0 aromatic carbocycles. The molecule has 7 heteroatoms. The molecule has 94 valence electrons. The highest BCUT2D eigenvalue weighted by atomic mass is 16.4. The van der Waals surface area contributed by atoms with Gasteiger partial charge in [-0.1, -0.05) is 6.92 Å². The molecule has 0 saturated heterocycles. The second kappa shape index (κ2) is 5.88. The number of anilines is 1. The Bertz CT molecular complexity index is 414. The Morgan fingerprint density at radius 3 is 2.82 bits per heavy atom. The Kier molecular flexibility index (Phi) is 4.50. The molecule has 0 radical (unpaired) electrons. The minimum absolute atomic E-state index is 0.0961. The Hall–Kier alpha value is -2.05. The minimum atomic E-state index is -0.944. The molecule has 2 amide bonds. The number of aromatic nitrogens is 2. The molecule has 7 nitrogen and oxygen atoms in total. The second-order valence-corrected chi connectivity index (χ2v) is 3.54. The summed E-state index contributed by atoms with van der Waals surface area (Å²) in [7, 11) is 1.77. The molecule has 1 heterocycles. The molecule has 0 atom stereocenters. The van der Waals surface area contributed by atoms with Crippen LogP contribution < -0.4 is 10.6 Å². The van der Waals surface area contributed by atoms with E-state index in [1.54, 1.807) is 17.9 Å². The van der Waals surface area contributed by atoms with Crippen LogP contribution in [0, 0.1) is 0 Å². The summed E-state index contributed by atoms with van der Waals surface area (Å²) in [4.78, 5) is 21.7.